The molecule has 0 atom stereocenters. The molecule has 1 aliphatic rings. The number of carbonyl (C=O) groups is 3. The van der Waals surface area contributed by atoms with Crippen molar-refractivity contribution in [3.8, 4) is 0 Å². The molecule has 1 aromatic carbocycles. The van der Waals surface area contributed by atoms with Gasteiger partial charge in [0.05, 0.1) is 6.61 Å². The van der Waals surface area contributed by atoms with Crippen LogP contribution in [-0.4, -0.2) is 60.6 Å². The molecular weight excluding hydrogens is 336 g/mol. The molecule has 7 nitrogen and oxygen atoms in total. The van der Waals surface area contributed by atoms with Crippen molar-refractivity contribution in [2.24, 2.45) is 0 Å². The van der Waals surface area contributed by atoms with Crippen molar-refractivity contribution in [2.75, 3.05) is 32.8 Å². The topological polar surface area (TPSA) is 76.2 Å². The van der Waals surface area contributed by atoms with E-state index in [1.807, 2.05) is 30.3 Å². The number of benzene rings is 1. The monoisotopic (exact) mass is 362 g/mol. The van der Waals surface area contributed by atoms with E-state index in [1.165, 1.54) is 0 Å². The quantitative estimate of drug-likeness (QED) is 0.695. The smallest absolute Gasteiger partial charge is 0.410 e. The molecule has 0 unspecified atom stereocenters. The van der Waals surface area contributed by atoms with Gasteiger partial charge in [0.2, 0.25) is 5.91 Å². The Morgan fingerprint density at radius 2 is 1.58 bits per heavy atom. The number of ether oxygens (including phenoxy) is 2. The predicted octanol–water partition coefficient (Wildman–Crippen LogP) is 2.20. The van der Waals surface area contributed by atoms with Crippen LogP contribution < -0.4 is 0 Å². The second-order valence-corrected chi connectivity index (χ2v) is 6.07. The van der Waals surface area contributed by atoms with E-state index in [0.717, 1.165) is 5.56 Å². The number of amides is 2. The van der Waals surface area contributed by atoms with Gasteiger partial charge in [0.25, 0.3) is 0 Å². The first-order valence-corrected chi connectivity index (χ1v) is 8.99. The minimum absolute atomic E-state index is 0.00611. The molecule has 1 fully saturated rings. The highest BCUT2D eigenvalue weighted by atomic mass is 16.6. The summed E-state index contributed by atoms with van der Waals surface area (Å²) in [5.74, 6) is -0.266. The maximum absolute atomic E-state index is 12.2. The van der Waals surface area contributed by atoms with Gasteiger partial charge in [0, 0.05) is 39.0 Å². The summed E-state index contributed by atoms with van der Waals surface area (Å²) in [6.45, 7) is 4.24. The molecular formula is C19H26N2O5. The SMILES string of the molecule is CCOC(=O)CCCC(=O)N1CCN(C(=O)OCc2ccccc2)CC1. The van der Waals surface area contributed by atoms with Gasteiger partial charge in [-0.3, -0.25) is 9.59 Å². The number of carbonyl (C=O) groups excluding carboxylic acids is 3. The Bertz CT molecular complexity index is 597. The summed E-state index contributed by atoms with van der Waals surface area (Å²) in [6.07, 6.45) is 0.697. The minimum atomic E-state index is -0.358. The van der Waals surface area contributed by atoms with Crippen LogP contribution in [0, 0.1) is 0 Å². The summed E-state index contributed by atoms with van der Waals surface area (Å²) in [5, 5.41) is 0. The van der Waals surface area contributed by atoms with Gasteiger partial charge in [0.1, 0.15) is 6.61 Å². The second-order valence-electron chi connectivity index (χ2n) is 6.07. The third-order valence-electron chi connectivity index (χ3n) is 4.17. The van der Waals surface area contributed by atoms with Crippen molar-refractivity contribution in [3.63, 3.8) is 0 Å². The predicted molar refractivity (Wildman–Crippen MR) is 95.3 cm³/mol. The van der Waals surface area contributed by atoms with Crippen LogP contribution >= 0.6 is 0 Å². The Balaban J connectivity index is 1.65. The van der Waals surface area contributed by atoms with Crippen molar-refractivity contribution in [1.29, 1.82) is 0 Å². The van der Waals surface area contributed by atoms with Gasteiger partial charge in [0.15, 0.2) is 0 Å². The normalized spacial score (nSPS) is 14.0. The van der Waals surface area contributed by atoms with Crippen LogP contribution in [0.2, 0.25) is 0 Å². The second kappa shape index (κ2) is 10.4. The Morgan fingerprint density at radius 3 is 2.23 bits per heavy atom. The molecule has 0 N–H and O–H groups in total. The summed E-state index contributed by atoms with van der Waals surface area (Å²) < 4.78 is 10.2. The zero-order valence-electron chi connectivity index (χ0n) is 15.2. The number of rotatable bonds is 7. The van der Waals surface area contributed by atoms with E-state index in [-0.39, 0.29) is 31.0 Å². The molecule has 2 rings (SSSR count). The van der Waals surface area contributed by atoms with Crippen LogP contribution in [-0.2, 0) is 25.7 Å². The van der Waals surface area contributed by atoms with Crippen LogP contribution in [0.1, 0.15) is 31.7 Å². The van der Waals surface area contributed by atoms with E-state index in [2.05, 4.69) is 0 Å². The van der Waals surface area contributed by atoms with E-state index in [9.17, 15) is 14.4 Å². The molecule has 0 aliphatic carbocycles. The van der Waals surface area contributed by atoms with Crippen molar-refractivity contribution in [1.82, 2.24) is 9.80 Å². The average molecular weight is 362 g/mol. The van der Waals surface area contributed by atoms with Crippen molar-refractivity contribution in [2.45, 2.75) is 32.8 Å². The lowest BCUT2D eigenvalue weighted by Crippen LogP contribution is -2.50. The highest BCUT2D eigenvalue weighted by Gasteiger charge is 2.24. The molecule has 0 aromatic heterocycles. The van der Waals surface area contributed by atoms with Crippen LogP contribution in [0.5, 0.6) is 0 Å². The first kappa shape index (κ1) is 19.8. The van der Waals surface area contributed by atoms with Gasteiger partial charge in [-0.1, -0.05) is 30.3 Å². The zero-order chi connectivity index (χ0) is 18.8. The van der Waals surface area contributed by atoms with Gasteiger partial charge >= 0.3 is 12.1 Å². The third-order valence-corrected chi connectivity index (χ3v) is 4.17. The first-order chi connectivity index (χ1) is 12.6. The lowest BCUT2D eigenvalue weighted by Gasteiger charge is -2.34. The Kier molecular flexibility index (Phi) is 7.92. The van der Waals surface area contributed by atoms with Gasteiger partial charge in [-0.25, -0.2) is 4.79 Å². The molecule has 0 radical (unpaired) electrons. The summed E-state index contributed by atoms with van der Waals surface area (Å²) >= 11 is 0. The number of hydrogen-bond acceptors (Lipinski definition) is 5. The van der Waals surface area contributed by atoms with Gasteiger partial charge in [-0.05, 0) is 18.9 Å². The molecule has 26 heavy (non-hydrogen) atoms. The molecule has 142 valence electrons. The molecule has 1 aliphatic heterocycles. The maximum atomic E-state index is 12.2. The van der Waals surface area contributed by atoms with E-state index in [4.69, 9.17) is 9.47 Å². The van der Waals surface area contributed by atoms with Crippen LogP contribution in [0.4, 0.5) is 4.79 Å². The number of hydrogen-bond donors (Lipinski definition) is 0. The Morgan fingerprint density at radius 1 is 0.923 bits per heavy atom. The zero-order valence-corrected chi connectivity index (χ0v) is 15.2. The Hall–Kier alpha value is -2.57. The standard InChI is InChI=1S/C19H26N2O5/c1-2-25-18(23)10-6-9-17(22)20-11-13-21(14-12-20)19(24)26-15-16-7-4-3-5-8-16/h3-5,7-8H,2,6,9-15H2,1H3. The largest absolute Gasteiger partial charge is 0.466 e. The highest BCUT2D eigenvalue weighted by Crippen LogP contribution is 2.09. The molecule has 7 heteroatoms. The van der Waals surface area contributed by atoms with Crippen molar-refractivity contribution < 1.29 is 23.9 Å². The van der Waals surface area contributed by atoms with Crippen molar-refractivity contribution >= 4 is 18.0 Å². The summed E-state index contributed by atoms with van der Waals surface area (Å²) in [4.78, 5) is 38.9. The fourth-order valence-electron chi connectivity index (χ4n) is 2.72. The summed E-state index contributed by atoms with van der Waals surface area (Å²) in [6, 6.07) is 9.51. The van der Waals surface area contributed by atoms with E-state index in [0.29, 0.717) is 45.6 Å². The molecule has 0 bridgehead atoms. The average Bonchev–Trinajstić information content (AvgIpc) is 2.67. The number of esters is 1. The molecule has 0 spiro atoms. The fraction of sp³-hybridized carbons (Fsp3) is 0.526. The van der Waals surface area contributed by atoms with Gasteiger partial charge in [-0.15, -0.1) is 0 Å². The van der Waals surface area contributed by atoms with Crippen molar-refractivity contribution in [3.05, 3.63) is 35.9 Å². The van der Waals surface area contributed by atoms with E-state index >= 15 is 0 Å². The van der Waals surface area contributed by atoms with E-state index < -0.39 is 0 Å². The lowest BCUT2D eigenvalue weighted by molar-refractivity contribution is -0.143. The molecule has 2 amide bonds. The first-order valence-electron chi connectivity index (χ1n) is 8.99. The number of piperazine rings is 1. The van der Waals surface area contributed by atoms with Crippen LogP contribution in [0.25, 0.3) is 0 Å². The van der Waals surface area contributed by atoms with Crippen LogP contribution in [0.3, 0.4) is 0 Å². The fourth-order valence-corrected chi connectivity index (χ4v) is 2.72. The summed E-state index contributed by atoms with van der Waals surface area (Å²) in [7, 11) is 0. The molecule has 1 aromatic rings. The van der Waals surface area contributed by atoms with E-state index in [1.54, 1.807) is 16.7 Å². The highest BCUT2D eigenvalue weighted by molar-refractivity contribution is 5.77. The minimum Gasteiger partial charge on any atom is -0.466 e. The van der Waals surface area contributed by atoms with Crippen LogP contribution in [0.15, 0.2) is 30.3 Å². The molecule has 0 saturated carbocycles. The van der Waals surface area contributed by atoms with Gasteiger partial charge in [-0.2, -0.15) is 0 Å². The molecule has 1 heterocycles. The maximum Gasteiger partial charge on any atom is 0.410 e. The van der Waals surface area contributed by atoms with Gasteiger partial charge < -0.3 is 19.3 Å². The lowest BCUT2D eigenvalue weighted by atomic mass is 10.2. The third kappa shape index (κ3) is 6.38. The summed E-state index contributed by atoms with van der Waals surface area (Å²) in [5.41, 5.74) is 0.941. The Labute approximate surface area is 153 Å². The molecule has 1 saturated heterocycles. The number of nitrogens with zero attached hydrogens (tertiary/aromatic N) is 2.